The molecule has 1 heterocycles. The Morgan fingerprint density at radius 3 is 2.83 bits per heavy atom. The SMILES string of the molecule is CN(C)C(=O)CCc1cccc(NC(=O)NC2CCCNC2=O)c1. The van der Waals surface area contributed by atoms with E-state index in [4.69, 9.17) is 0 Å². The lowest BCUT2D eigenvalue weighted by Crippen LogP contribution is -2.51. The highest BCUT2D eigenvalue weighted by Crippen LogP contribution is 2.13. The Hall–Kier alpha value is -2.57. The van der Waals surface area contributed by atoms with Gasteiger partial charge in [0.2, 0.25) is 11.8 Å². The molecule has 3 N–H and O–H groups in total. The van der Waals surface area contributed by atoms with E-state index in [-0.39, 0.29) is 11.8 Å². The van der Waals surface area contributed by atoms with Crippen LogP contribution < -0.4 is 16.0 Å². The van der Waals surface area contributed by atoms with Crippen LogP contribution in [0.25, 0.3) is 0 Å². The Morgan fingerprint density at radius 1 is 1.33 bits per heavy atom. The van der Waals surface area contributed by atoms with Gasteiger partial charge < -0.3 is 20.9 Å². The molecule has 0 aromatic heterocycles. The van der Waals surface area contributed by atoms with Crippen LogP contribution in [0.3, 0.4) is 0 Å². The molecule has 24 heavy (non-hydrogen) atoms. The lowest BCUT2D eigenvalue weighted by Gasteiger charge is -2.22. The summed E-state index contributed by atoms with van der Waals surface area (Å²) in [7, 11) is 3.46. The molecule has 0 radical (unpaired) electrons. The van der Waals surface area contributed by atoms with E-state index in [0.717, 1.165) is 12.0 Å². The van der Waals surface area contributed by atoms with Crippen molar-refractivity contribution in [1.29, 1.82) is 0 Å². The van der Waals surface area contributed by atoms with Gasteiger partial charge in [0.25, 0.3) is 0 Å². The second-order valence-corrected chi connectivity index (χ2v) is 6.07. The predicted octanol–water partition coefficient (Wildman–Crippen LogP) is 1.11. The molecule has 1 aliphatic rings. The van der Waals surface area contributed by atoms with Crippen molar-refractivity contribution in [3.05, 3.63) is 29.8 Å². The minimum atomic E-state index is -0.486. The molecule has 7 heteroatoms. The van der Waals surface area contributed by atoms with Gasteiger partial charge in [0.05, 0.1) is 0 Å². The smallest absolute Gasteiger partial charge is 0.319 e. The minimum Gasteiger partial charge on any atom is -0.354 e. The van der Waals surface area contributed by atoms with E-state index in [0.29, 0.717) is 31.5 Å². The molecule has 1 fully saturated rings. The first-order valence-corrected chi connectivity index (χ1v) is 8.10. The third-order valence-electron chi connectivity index (χ3n) is 3.90. The van der Waals surface area contributed by atoms with Crippen LogP contribution in [0, 0.1) is 0 Å². The van der Waals surface area contributed by atoms with Gasteiger partial charge in [0, 0.05) is 32.7 Å². The lowest BCUT2D eigenvalue weighted by atomic mass is 10.1. The molecule has 0 aliphatic carbocycles. The zero-order valence-corrected chi connectivity index (χ0v) is 14.1. The van der Waals surface area contributed by atoms with Crippen LogP contribution in [0.1, 0.15) is 24.8 Å². The van der Waals surface area contributed by atoms with Gasteiger partial charge in [-0.1, -0.05) is 12.1 Å². The monoisotopic (exact) mass is 332 g/mol. The van der Waals surface area contributed by atoms with Crippen LogP contribution in [0.15, 0.2) is 24.3 Å². The highest BCUT2D eigenvalue weighted by atomic mass is 16.2. The van der Waals surface area contributed by atoms with Crippen LogP contribution in [0.2, 0.25) is 0 Å². The fraction of sp³-hybridized carbons (Fsp3) is 0.471. The summed E-state index contributed by atoms with van der Waals surface area (Å²) >= 11 is 0. The van der Waals surface area contributed by atoms with Gasteiger partial charge >= 0.3 is 6.03 Å². The third kappa shape index (κ3) is 5.26. The largest absolute Gasteiger partial charge is 0.354 e. The van der Waals surface area contributed by atoms with Crippen molar-refractivity contribution < 1.29 is 14.4 Å². The molecular weight excluding hydrogens is 308 g/mol. The topological polar surface area (TPSA) is 90.5 Å². The summed E-state index contributed by atoms with van der Waals surface area (Å²) in [6.07, 6.45) is 2.53. The van der Waals surface area contributed by atoms with E-state index in [9.17, 15) is 14.4 Å². The standard InChI is InChI=1S/C17H24N4O3/c1-21(2)15(22)9-8-12-5-3-6-13(11-12)19-17(24)20-14-7-4-10-18-16(14)23/h3,5-6,11,14H,4,7-10H2,1-2H3,(H,18,23)(H2,19,20,24). The number of hydrogen-bond donors (Lipinski definition) is 3. The van der Waals surface area contributed by atoms with Crippen LogP contribution in [0.5, 0.6) is 0 Å². The molecule has 1 aromatic carbocycles. The molecule has 0 bridgehead atoms. The molecule has 1 saturated heterocycles. The molecule has 7 nitrogen and oxygen atoms in total. The van der Waals surface area contributed by atoms with Crippen molar-refractivity contribution in [2.75, 3.05) is 26.0 Å². The Bertz CT molecular complexity index is 616. The minimum absolute atomic E-state index is 0.0643. The lowest BCUT2D eigenvalue weighted by molar-refractivity contribution is -0.128. The van der Waals surface area contributed by atoms with Crippen molar-refractivity contribution >= 4 is 23.5 Å². The summed E-state index contributed by atoms with van der Waals surface area (Å²) in [5.74, 6) is -0.0817. The van der Waals surface area contributed by atoms with E-state index in [2.05, 4.69) is 16.0 Å². The average molecular weight is 332 g/mol. The number of nitrogens with zero attached hydrogens (tertiary/aromatic N) is 1. The molecular formula is C17H24N4O3. The maximum atomic E-state index is 12.0. The zero-order valence-electron chi connectivity index (χ0n) is 14.1. The molecule has 0 saturated carbocycles. The van der Waals surface area contributed by atoms with Crippen molar-refractivity contribution in [2.45, 2.75) is 31.7 Å². The summed E-state index contributed by atoms with van der Waals surface area (Å²) in [5.41, 5.74) is 1.61. The Morgan fingerprint density at radius 2 is 2.12 bits per heavy atom. The van der Waals surface area contributed by atoms with Crippen LogP contribution in [-0.2, 0) is 16.0 Å². The molecule has 1 aromatic rings. The fourth-order valence-corrected chi connectivity index (χ4v) is 2.51. The first kappa shape index (κ1) is 17.8. The van der Waals surface area contributed by atoms with Gasteiger partial charge in [-0.2, -0.15) is 0 Å². The third-order valence-corrected chi connectivity index (χ3v) is 3.90. The first-order valence-electron chi connectivity index (χ1n) is 8.10. The number of amides is 4. The van der Waals surface area contributed by atoms with Crippen LogP contribution in [0.4, 0.5) is 10.5 Å². The summed E-state index contributed by atoms with van der Waals surface area (Å²) in [6, 6.07) is 6.47. The molecule has 130 valence electrons. The van der Waals surface area contributed by atoms with Gasteiger partial charge in [0.15, 0.2) is 0 Å². The summed E-state index contributed by atoms with van der Waals surface area (Å²) in [6.45, 7) is 0.659. The number of urea groups is 1. The van der Waals surface area contributed by atoms with Gasteiger partial charge in [-0.05, 0) is 37.0 Å². The predicted molar refractivity (Wildman–Crippen MR) is 91.6 cm³/mol. The molecule has 0 spiro atoms. The Labute approximate surface area is 141 Å². The van der Waals surface area contributed by atoms with Crippen molar-refractivity contribution in [1.82, 2.24) is 15.5 Å². The molecule has 1 aliphatic heterocycles. The highest BCUT2D eigenvalue weighted by Gasteiger charge is 2.23. The van der Waals surface area contributed by atoms with Gasteiger partial charge in [0.1, 0.15) is 6.04 Å². The van der Waals surface area contributed by atoms with E-state index in [1.807, 2.05) is 18.2 Å². The van der Waals surface area contributed by atoms with Crippen molar-refractivity contribution in [3.8, 4) is 0 Å². The normalized spacial score (nSPS) is 16.9. The molecule has 2 rings (SSSR count). The van der Waals surface area contributed by atoms with E-state index in [1.165, 1.54) is 0 Å². The van der Waals surface area contributed by atoms with E-state index >= 15 is 0 Å². The number of carbonyl (C=O) groups excluding carboxylic acids is 3. The summed E-state index contributed by atoms with van der Waals surface area (Å²) in [5, 5.41) is 8.14. The Balaban J connectivity index is 1.87. The van der Waals surface area contributed by atoms with Crippen LogP contribution in [-0.4, -0.2) is 49.4 Å². The molecule has 1 atom stereocenters. The number of rotatable bonds is 5. The van der Waals surface area contributed by atoms with Gasteiger partial charge in [-0.25, -0.2) is 4.79 Å². The molecule has 4 amide bonds. The number of nitrogens with one attached hydrogen (secondary N) is 3. The summed E-state index contributed by atoms with van der Waals surface area (Å²) < 4.78 is 0. The first-order chi connectivity index (χ1) is 11.5. The fourth-order valence-electron chi connectivity index (χ4n) is 2.51. The van der Waals surface area contributed by atoms with Crippen molar-refractivity contribution in [2.24, 2.45) is 0 Å². The second kappa shape index (κ2) is 8.33. The van der Waals surface area contributed by atoms with Crippen molar-refractivity contribution in [3.63, 3.8) is 0 Å². The highest BCUT2D eigenvalue weighted by molar-refractivity contribution is 5.94. The zero-order chi connectivity index (χ0) is 17.5. The van der Waals surface area contributed by atoms with Gasteiger partial charge in [-0.15, -0.1) is 0 Å². The maximum Gasteiger partial charge on any atom is 0.319 e. The Kier molecular flexibility index (Phi) is 6.17. The number of carbonyl (C=O) groups is 3. The van der Waals surface area contributed by atoms with E-state index < -0.39 is 12.1 Å². The quantitative estimate of drug-likeness (QED) is 0.754. The van der Waals surface area contributed by atoms with Gasteiger partial charge in [-0.3, -0.25) is 9.59 Å². The number of aryl methyl sites for hydroxylation is 1. The maximum absolute atomic E-state index is 12.0. The summed E-state index contributed by atoms with van der Waals surface area (Å²) in [4.78, 5) is 36.9. The number of benzene rings is 1. The van der Waals surface area contributed by atoms with E-state index in [1.54, 1.807) is 25.1 Å². The average Bonchev–Trinajstić information content (AvgIpc) is 2.55. The molecule has 1 unspecified atom stereocenters. The number of hydrogen-bond acceptors (Lipinski definition) is 3. The number of piperidine rings is 1. The number of anilines is 1. The second-order valence-electron chi connectivity index (χ2n) is 6.07. The van der Waals surface area contributed by atoms with Crippen LogP contribution >= 0.6 is 0 Å².